The van der Waals surface area contributed by atoms with Gasteiger partial charge in [0.05, 0.1) is 4.90 Å². The molecule has 21 heavy (non-hydrogen) atoms. The molecule has 0 saturated carbocycles. The summed E-state index contributed by atoms with van der Waals surface area (Å²) in [5, 5.41) is 0.662. The van der Waals surface area contributed by atoms with E-state index in [0.29, 0.717) is 10.7 Å². The molecule has 0 aromatic heterocycles. The van der Waals surface area contributed by atoms with Crippen molar-refractivity contribution in [2.24, 2.45) is 0 Å². The van der Waals surface area contributed by atoms with Crippen LogP contribution in [0.4, 0.5) is 5.69 Å². The van der Waals surface area contributed by atoms with Crippen LogP contribution in [0.25, 0.3) is 0 Å². The molecule has 3 nitrogen and oxygen atoms in total. The fourth-order valence-corrected chi connectivity index (χ4v) is 3.29. The van der Waals surface area contributed by atoms with Crippen molar-refractivity contribution in [3.63, 3.8) is 0 Å². The lowest BCUT2D eigenvalue weighted by Crippen LogP contribution is -2.13. The zero-order valence-electron chi connectivity index (χ0n) is 12.1. The van der Waals surface area contributed by atoms with E-state index in [2.05, 4.69) is 11.6 Å². The van der Waals surface area contributed by atoms with E-state index in [9.17, 15) is 8.42 Å². The number of benzene rings is 2. The second-order valence-corrected chi connectivity index (χ2v) is 7.06. The van der Waals surface area contributed by atoms with E-state index in [0.717, 1.165) is 24.0 Å². The first-order valence-corrected chi connectivity index (χ1v) is 8.66. The summed E-state index contributed by atoms with van der Waals surface area (Å²) in [5.74, 6) is 0. The van der Waals surface area contributed by atoms with Crippen LogP contribution < -0.4 is 4.72 Å². The summed E-state index contributed by atoms with van der Waals surface area (Å²) in [6.45, 7) is 3.97. The standard InChI is InChI=1S/C16H18ClNO2S/c1-3-4-13-11-14(7-10-16(13)17)18-21(19,20)15-8-5-12(2)6-9-15/h5-11,18H,3-4H2,1-2H3. The molecule has 2 aromatic rings. The fourth-order valence-electron chi connectivity index (χ4n) is 2.03. The molecule has 0 spiro atoms. The van der Waals surface area contributed by atoms with Crippen LogP contribution in [0.3, 0.4) is 0 Å². The molecule has 0 radical (unpaired) electrons. The number of halogens is 1. The third-order valence-corrected chi connectivity index (χ3v) is 4.91. The first-order chi connectivity index (χ1) is 9.92. The maximum Gasteiger partial charge on any atom is 0.261 e. The summed E-state index contributed by atoms with van der Waals surface area (Å²) >= 11 is 6.10. The average Bonchev–Trinajstić information content (AvgIpc) is 2.43. The van der Waals surface area contributed by atoms with Gasteiger partial charge in [0.2, 0.25) is 0 Å². The van der Waals surface area contributed by atoms with Gasteiger partial charge in [-0.3, -0.25) is 4.72 Å². The van der Waals surface area contributed by atoms with Crippen LogP contribution >= 0.6 is 11.6 Å². The van der Waals surface area contributed by atoms with E-state index >= 15 is 0 Å². The van der Waals surface area contributed by atoms with Crippen molar-refractivity contribution < 1.29 is 8.42 Å². The van der Waals surface area contributed by atoms with Crippen molar-refractivity contribution in [2.75, 3.05) is 4.72 Å². The van der Waals surface area contributed by atoms with Gasteiger partial charge in [0.1, 0.15) is 0 Å². The quantitative estimate of drug-likeness (QED) is 0.886. The third kappa shape index (κ3) is 3.99. The van der Waals surface area contributed by atoms with Crippen molar-refractivity contribution >= 4 is 27.3 Å². The molecule has 0 amide bonds. The normalized spacial score (nSPS) is 11.4. The first-order valence-electron chi connectivity index (χ1n) is 6.80. The summed E-state index contributed by atoms with van der Waals surface area (Å²) in [6, 6.07) is 11.9. The molecular weight excluding hydrogens is 306 g/mol. The summed E-state index contributed by atoms with van der Waals surface area (Å²) < 4.78 is 27.2. The number of rotatable bonds is 5. The zero-order valence-corrected chi connectivity index (χ0v) is 13.6. The molecule has 5 heteroatoms. The molecule has 1 N–H and O–H groups in total. The van der Waals surface area contributed by atoms with Gasteiger partial charge in [-0.1, -0.05) is 42.6 Å². The van der Waals surface area contributed by atoms with Gasteiger partial charge in [-0.2, -0.15) is 0 Å². The summed E-state index contributed by atoms with van der Waals surface area (Å²) in [5.41, 5.74) is 2.50. The lowest BCUT2D eigenvalue weighted by molar-refractivity contribution is 0.601. The highest BCUT2D eigenvalue weighted by molar-refractivity contribution is 7.92. The highest BCUT2D eigenvalue weighted by Crippen LogP contribution is 2.24. The second-order valence-electron chi connectivity index (χ2n) is 4.97. The maximum absolute atomic E-state index is 12.3. The Balaban J connectivity index is 2.28. The van der Waals surface area contributed by atoms with E-state index in [1.54, 1.807) is 42.5 Å². The lowest BCUT2D eigenvalue weighted by Gasteiger charge is -2.10. The molecule has 0 bridgehead atoms. The van der Waals surface area contributed by atoms with Crippen LogP contribution in [0.2, 0.25) is 5.02 Å². The Morgan fingerprint density at radius 3 is 2.38 bits per heavy atom. The van der Waals surface area contributed by atoms with Crippen LogP contribution in [0.5, 0.6) is 0 Å². The zero-order chi connectivity index (χ0) is 15.5. The van der Waals surface area contributed by atoms with E-state index in [1.807, 2.05) is 6.92 Å². The monoisotopic (exact) mass is 323 g/mol. The van der Waals surface area contributed by atoms with Crippen LogP contribution in [0.15, 0.2) is 47.4 Å². The molecule has 0 aliphatic rings. The van der Waals surface area contributed by atoms with E-state index in [1.165, 1.54) is 0 Å². The van der Waals surface area contributed by atoms with Crippen LogP contribution in [-0.4, -0.2) is 8.42 Å². The van der Waals surface area contributed by atoms with Gasteiger partial charge in [-0.15, -0.1) is 0 Å². The Labute approximate surface area is 131 Å². The first kappa shape index (κ1) is 15.9. The number of sulfonamides is 1. The molecule has 2 aromatic carbocycles. The number of hydrogen-bond donors (Lipinski definition) is 1. The molecule has 0 unspecified atom stereocenters. The fraction of sp³-hybridized carbons (Fsp3) is 0.250. The topological polar surface area (TPSA) is 46.2 Å². The van der Waals surface area contributed by atoms with Crippen molar-refractivity contribution in [1.82, 2.24) is 0 Å². The minimum Gasteiger partial charge on any atom is -0.280 e. The predicted molar refractivity (Wildman–Crippen MR) is 87.4 cm³/mol. The molecule has 0 fully saturated rings. The highest BCUT2D eigenvalue weighted by Gasteiger charge is 2.14. The van der Waals surface area contributed by atoms with E-state index in [4.69, 9.17) is 11.6 Å². The Hall–Kier alpha value is -1.52. The Morgan fingerprint density at radius 1 is 1.10 bits per heavy atom. The Morgan fingerprint density at radius 2 is 1.76 bits per heavy atom. The molecule has 0 saturated heterocycles. The smallest absolute Gasteiger partial charge is 0.261 e. The predicted octanol–water partition coefficient (Wildman–Crippen LogP) is 4.40. The van der Waals surface area contributed by atoms with Crippen LogP contribution in [0, 0.1) is 6.92 Å². The molecule has 2 rings (SSSR count). The minimum atomic E-state index is -3.57. The number of nitrogens with one attached hydrogen (secondary N) is 1. The van der Waals surface area contributed by atoms with Gasteiger partial charge in [0.15, 0.2) is 0 Å². The number of hydrogen-bond acceptors (Lipinski definition) is 2. The lowest BCUT2D eigenvalue weighted by atomic mass is 10.1. The van der Waals surface area contributed by atoms with Crippen molar-refractivity contribution in [3.8, 4) is 0 Å². The van der Waals surface area contributed by atoms with Gasteiger partial charge >= 0.3 is 0 Å². The minimum absolute atomic E-state index is 0.250. The number of anilines is 1. The van der Waals surface area contributed by atoms with Gasteiger partial charge in [-0.05, 0) is 49.2 Å². The average molecular weight is 324 g/mol. The molecule has 0 heterocycles. The van der Waals surface area contributed by atoms with Gasteiger partial charge in [0, 0.05) is 10.7 Å². The maximum atomic E-state index is 12.3. The van der Waals surface area contributed by atoms with Crippen LogP contribution in [-0.2, 0) is 16.4 Å². The molecule has 0 aliphatic carbocycles. The SMILES string of the molecule is CCCc1cc(NS(=O)(=O)c2ccc(C)cc2)ccc1Cl. The Bertz CT molecular complexity index is 724. The molecule has 112 valence electrons. The largest absolute Gasteiger partial charge is 0.280 e. The van der Waals surface area contributed by atoms with E-state index < -0.39 is 10.0 Å². The van der Waals surface area contributed by atoms with Crippen molar-refractivity contribution in [1.29, 1.82) is 0 Å². The molecule has 0 aliphatic heterocycles. The van der Waals surface area contributed by atoms with E-state index in [-0.39, 0.29) is 4.90 Å². The van der Waals surface area contributed by atoms with Crippen molar-refractivity contribution in [3.05, 3.63) is 58.6 Å². The number of aryl methyl sites for hydroxylation is 2. The summed E-state index contributed by atoms with van der Waals surface area (Å²) in [4.78, 5) is 0.250. The highest BCUT2D eigenvalue weighted by atomic mass is 35.5. The van der Waals surface area contributed by atoms with Crippen molar-refractivity contribution in [2.45, 2.75) is 31.6 Å². The second kappa shape index (κ2) is 6.50. The summed E-state index contributed by atoms with van der Waals surface area (Å²) in [7, 11) is -3.57. The van der Waals surface area contributed by atoms with Gasteiger partial charge in [-0.25, -0.2) is 8.42 Å². The van der Waals surface area contributed by atoms with Crippen LogP contribution in [0.1, 0.15) is 24.5 Å². The molecular formula is C16H18ClNO2S. The van der Waals surface area contributed by atoms with Gasteiger partial charge in [0.25, 0.3) is 10.0 Å². The molecule has 0 atom stereocenters. The summed E-state index contributed by atoms with van der Waals surface area (Å²) in [6.07, 6.45) is 1.77. The third-order valence-electron chi connectivity index (χ3n) is 3.15. The van der Waals surface area contributed by atoms with Gasteiger partial charge < -0.3 is 0 Å². The Kier molecular flexibility index (Phi) is 4.91.